The second-order valence-electron chi connectivity index (χ2n) is 7.36. The maximum Gasteiger partial charge on any atom is 0.0314 e. The van der Waals surface area contributed by atoms with Crippen LogP contribution in [0, 0.1) is 0 Å². The molecule has 0 saturated carbocycles. The van der Waals surface area contributed by atoms with Gasteiger partial charge in [-0.25, -0.2) is 0 Å². The van der Waals surface area contributed by atoms with Gasteiger partial charge in [-0.2, -0.15) is 0 Å². The van der Waals surface area contributed by atoms with Crippen molar-refractivity contribution in [2.45, 2.75) is 0 Å². The van der Waals surface area contributed by atoms with Crippen LogP contribution in [0.1, 0.15) is 5.56 Å². The minimum Gasteiger partial charge on any atom is -0.399 e. The summed E-state index contributed by atoms with van der Waals surface area (Å²) in [4.78, 5) is 0. The third-order valence-corrected chi connectivity index (χ3v) is 5.36. The topological polar surface area (TPSA) is 26.0 Å². The zero-order valence-corrected chi connectivity index (χ0v) is 17.5. The van der Waals surface area contributed by atoms with Gasteiger partial charge in [0.2, 0.25) is 0 Å². The van der Waals surface area contributed by atoms with E-state index in [1.165, 1.54) is 11.1 Å². The quantitative estimate of drug-likeness (QED) is 0.258. The first-order chi connectivity index (χ1) is 15.2. The average molecular weight is 400 g/mol. The largest absolute Gasteiger partial charge is 0.399 e. The molecular weight excluding hydrogens is 374 g/mol. The molecule has 4 aromatic rings. The van der Waals surface area contributed by atoms with E-state index < -0.39 is 0 Å². The van der Waals surface area contributed by atoms with E-state index >= 15 is 0 Å². The van der Waals surface area contributed by atoms with Crippen LogP contribution in [0.25, 0.3) is 39.0 Å². The molecule has 1 heteroatoms. The van der Waals surface area contributed by atoms with Crippen LogP contribution in [0.4, 0.5) is 5.69 Å². The summed E-state index contributed by atoms with van der Waals surface area (Å²) in [5.41, 5.74) is 15.8. The highest BCUT2D eigenvalue weighted by Crippen LogP contribution is 2.41. The van der Waals surface area contributed by atoms with Gasteiger partial charge in [-0.15, -0.1) is 0 Å². The van der Waals surface area contributed by atoms with Crippen molar-refractivity contribution in [3.63, 3.8) is 0 Å². The van der Waals surface area contributed by atoms with Gasteiger partial charge in [0.05, 0.1) is 0 Å². The number of allylic oxidation sites excluding steroid dienone is 4. The smallest absolute Gasteiger partial charge is 0.0314 e. The summed E-state index contributed by atoms with van der Waals surface area (Å²) in [5.74, 6) is 0. The fraction of sp³-hybridized carbons (Fsp3) is 0. The Balaban J connectivity index is 2.11. The Morgan fingerprint density at radius 1 is 0.645 bits per heavy atom. The molecule has 0 atom stereocenters. The van der Waals surface area contributed by atoms with E-state index in [1.54, 1.807) is 6.08 Å². The Kier molecular flexibility index (Phi) is 5.96. The van der Waals surface area contributed by atoms with Gasteiger partial charge < -0.3 is 5.73 Å². The van der Waals surface area contributed by atoms with Crippen molar-refractivity contribution in [3.05, 3.63) is 134 Å². The Labute approximate surface area is 184 Å². The molecule has 0 radical (unpaired) electrons. The lowest BCUT2D eigenvalue weighted by Gasteiger charge is -2.19. The first kappa shape index (κ1) is 20.2. The number of rotatable bonds is 6. The molecule has 1 nitrogen and oxygen atoms in total. The molecule has 0 aromatic heterocycles. The highest BCUT2D eigenvalue weighted by molar-refractivity contribution is 5.97. The minimum absolute atomic E-state index is 0.748. The van der Waals surface area contributed by atoms with Crippen LogP contribution in [0.3, 0.4) is 0 Å². The summed E-state index contributed by atoms with van der Waals surface area (Å²) in [6.45, 7) is 7.98. The van der Waals surface area contributed by atoms with Gasteiger partial charge in [-0.05, 0) is 68.8 Å². The van der Waals surface area contributed by atoms with Gasteiger partial charge in [0.25, 0.3) is 0 Å². The monoisotopic (exact) mass is 399 g/mol. The molecule has 2 N–H and O–H groups in total. The van der Waals surface area contributed by atoms with E-state index in [1.807, 2.05) is 36.4 Å². The summed E-state index contributed by atoms with van der Waals surface area (Å²) < 4.78 is 0. The number of nitrogens with two attached hydrogens (primary N) is 1. The van der Waals surface area contributed by atoms with Gasteiger partial charge in [0.15, 0.2) is 0 Å². The SMILES string of the molecule is C=C/C=C(\C=C)c1cc(-c2ccccc2)cc(-c2ccccc2)c1-c1ccc(N)cc1. The molecule has 0 aliphatic rings. The predicted octanol–water partition coefficient (Wildman–Crippen LogP) is 8.03. The predicted molar refractivity (Wildman–Crippen MR) is 136 cm³/mol. The van der Waals surface area contributed by atoms with Crippen LogP contribution in [0.5, 0.6) is 0 Å². The molecule has 0 saturated heterocycles. The van der Waals surface area contributed by atoms with Gasteiger partial charge in [0.1, 0.15) is 0 Å². The molecule has 0 aliphatic heterocycles. The van der Waals surface area contributed by atoms with Gasteiger partial charge in [0, 0.05) is 5.69 Å². The average Bonchev–Trinajstić information content (AvgIpc) is 2.83. The maximum atomic E-state index is 5.98. The van der Waals surface area contributed by atoms with E-state index in [-0.39, 0.29) is 0 Å². The van der Waals surface area contributed by atoms with Gasteiger partial charge in [-0.3, -0.25) is 0 Å². The number of hydrogen-bond donors (Lipinski definition) is 1. The molecule has 0 amide bonds. The second kappa shape index (κ2) is 9.15. The summed E-state index contributed by atoms with van der Waals surface area (Å²) in [6, 6.07) is 33.5. The Morgan fingerprint density at radius 3 is 1.84 bits per heavy atom. The molecular formula is C30H25N. The highest BCUT2D eigenvalue weighted by atomic mass is 14.5. The lowest BCUT2D eigenvalue weighted by atomic mass is 9.84. The molecule has 31 heavy (non-hydrogen) atoms. The van der Waals surface area contributed by atoms with Crippen LogP contribution < -0.4 is 5.73 Å². The number of nitrogen functional groups attached to an aromatic ring is 1. The number of anilines is 1. The molecule has 150 valence electrons. The van der Waals surface area contributed by atoms with E-state index in [0.717, 1.165) is 39.1 Å². The molecule has 0 unspecified atom stereocenters. The Hall–Kier alpha value is -4.10. The maximum absolute atomic E-state index is 5.98. The third kappa shape index (κ3) is 4.26. The van der Waals surface area contributed by atoms with Crippen LogP contribution >= 0.6 is 0 Å². The van der Waals surface area contributed by atoms with E-state index in [4.69, 9.17) is 5.73 Å². The zero-order chi connectivity index (χ0) is 21.6. The minimum atomic E-state index is 0.748. The van der Waals surface area contributed by atoms with Crippen molar-refractivity contribution >= 4 is 11.3 Å². The molecule has 4 rings (SSSR count). The fourth-order valence-corrected chi connectivity index (χ4v) is 3.87. The first-order valence-corrected chi connectivity index (χ1v) is 10.3. The van der Waals surface area contributed by atoms with E-state index in [0.29, 0.717) is 0 Å². The third-order valence-electron chi connectivity index (χ3n) is 5.36. The van der Waals surface area contributed by atoms with Gasteiger partial charge >= 0.3 is 0 Å². The van der Waals surface area contributed by atoms with Crippen molar-refractivity contribution in [1.29, 1.82) is 0 Å². The summed E-state index contributed by atoms with van der Waals surface area (Å²) >= 11 is 0. The normalized spacial score (nSPS) is 11.2. The summed E-state index contributed by atoms with van der Waals surface area (Å²) in [7, 11) is 0. The van der Waals surface area contributed by atoms with Crippen LogP contribution in [-0.4, -0.2) is 0 Å². The van der Waals surface area contributed by atoms with Crippen LogP contribution in [0.2, 0.25) is 0 Å². The summed E-state index contributed by atoms with van der Waals surface area (Å²) in [5, 5.41) is 0. The molecule has 0 aliphatic carbocycles. The second-order valence-corrected chi connectivity index (χ2v) is 7.36. The molecule has 4 aromatic carbocycles. The van der Waals surface area contributed by atoms with E-state index in [9.17, 15) is 0 Å². The molecule has 0 bridgehead atoms. The highest BCUT2D eigenvalue weighted by Gasteiger charge is 2.17. The lowest BCUT2D eigenvalue weighted by Crippen LogP contribution is -1.95. The molecule has 0 heterocycles. The lowest BCUT2D eigenvalue weighted by molar-refractivity contribution is 1.53. The first-order valence-electron chi connectivity index (χ1n) is 10.3. The Bertz CT molecular complexity index is 1230. The fourth-order valence-electron chi connectivity index (χ4n) is 3.87. The van der Waals surface area contributed by atoms with Crippen molar-refractivity contribution in [3.8, 4) is 33.4 Å². The summed E-state index contributed by atoms with van der Waals surface area (Å²) in [6.07, 6.45) is 5.70. The Morgan fingerprint density at radius 2 is 1.26 bits per heavy atom. The van der Waals surface area contributed by atoms with Crippen molar-refractivity contribution in [2.75, 3.05) is 5.73 Å². The number of hydrogen-bond acceptors (Lipinski definition) is 1. The zero-order valence-electron chi connectivity index (χ0n) is 17.5. The van der Waals surface area contributed by atoms with Crippen LogP contribution in [0.15, 0.2) is 128 Å². The standard InChI is InChI=1S/C30H25N/c1-3-11-22(4-2)28-20-26(23-12-7-5-8-13-23)21-29(24-14-9-6-10-15-24)30(28)25-16-18-27(31)19-17-25/h3-21H,1-2,31H2/b22-11+. The van der Waals surface area contributed by atoms with Crippen molar-refractivity contribution in [2.24, 2.45) is 0 Å². The van der Waals surface area contributed by atoms with Crippen LogP contribution in [-0.2, 0) is 0 Å². The van der Waals surface area contributed by atoms with Crippen molar-refractivity contribution < 1.29 is 0 Å². The molecule has 0 spiro atoms. The van der Waals surface area contributed by atoms with Gasteiger partial charge in [-0.1, -0.05) is 104 Å². The molecule has 0 fully saturated rings. The number of benzene rings is 4. The van der Waals surface area contributed by atoms with Crippen molar-refractivity contribution in [1.82, 2.24) is 0 Å². The van der Waals surface area contributed by atoms with E-state index in [2.05, 4.69) is 86.0 Å².